The zero-order chi connectivity index (χ0) is 14.4. The second-order valence-electron chi connectivity index (χ2n) is 4.70. The first-order valence-electron chi connectivity index (χ1n) is 5.62. The number of H-pyrrole nitrogens is 1. The lowest BCUT2D eigenvalue weighted by Crippen LogP contribution is -2.60. The van der Waals surface area contributed by atoms with Gasteiger partial charge in [0.15, 0.2) is 0 Å². The highest BCUT2D eigenvalue weighted by Crippen LogP contribution is 2.38. The second-order valence-corrected chi connectivity index (χ2v) is 4.70. The maximum atomic E-state index is 10.3. The fourth-order valence-electron chi connectivity index (χ4n) is 1.99. The van der Waals surface area contributed by atoms with Crippen molar-refractivity contribution in [3.8, 4) is 5.75 Å². The minimum atomic E-state index is -2.70. The Balaban J connectivity index is 2.68. The van der Waals surface area contributed by atoms with Crippen LogP contribution in [0.15, 0.2) is 24.4 Å². The molecule has 0 spiro atoms. The molecule has 1 aromatic carbocycles. The number of aromatic amines is 1. The Morgan fingerprint density at radius 1 is 1.21 bits per heavy atom. The van der Waals surface area contributed by atoms with Crippen molar-refractivity contribution in [3.63, 3.8) is 0 Å². The SMILES string of the molecule is [B]C(O)(c1c[nH]c2cccc(O)c12)C(O)(O)N(C)C. The lowest BCUT2D eigenvalue weighted by molar-refractivity contribution is -0.318. The van der Waals surface area contributed by atoms with Crippen molar-refractivity contribution >= 4 is 18.7 Å². The van der Waals surface area contributed by atoms with Gasteiger partial charge >= 0.3 is 0 Å². The second kappa shape index (κ2) is 4.24. The molecule has 6 nitrogen and oxygen atoms in total. The topological polar surface area (TPSA) is 100.0 Å². The molecular formula is C12H15BN2O4. The van der Waals surface area contributed by atoms with Crippen molar-refractivity contribution in [2.75, 3.05) is 14.1 Å². The summed E-state index contributed by atoms with van der Waals surface area (Å²) < 4.78 is 0. The number of phenolic OH excluding ortho intramolecular Hbond substituents is 1. The van der Waals surface area contributed by atoms with Gasteiger partial charge in [0.25, 0.3) is 0 Å². The summed E-state index contributed by atoms with van der Waals surface area (Å²) >= 11 is 0. The summed E-state index contributed by atoms with van der Waals surface area (Å²) in [6.07, 6.45) is 1.33. The van der Waals surface area contributed by atoms with Crippen LogP contribution in [-0.4, -0.2) is 58.2 Å². The van der Waals surface area contributed by atoms with Crippen LogP contribution >= 0.6 is 0 Å². The van der Waals surface area contributed by atoms with Crippen LogP contribution in [0.1, 0.15) is 5.56 Å². The molecule has 5 N–H and O–H groups in total. The number of aromatic hydroxyl groups is 1. The molecule has 1 unspecified atom stereocenters. The van der Waals surface area contributed by atoms with Gasteiger partial charge in [0.1, 0.15) is 19.1 Å². The molecule has 0 aliphatic rings. The van der Waals surface area contributed by atoms with E-state index in [0.29, 0.717) is 5.52 Å². The highest BCUT2D eigenvalue weighted by Gasteiger charge is 2.48. The Hall–Kier alpha value is -1.54. The molecule has 0 amide bonds. The van der Waals surface area contributed by atoms with E-state index in [1.54, 1.807) is 12.1 Å². The number of rotatable bonds is 3. The van der Waals surface area contributed by atoms with Gasteiger partial charge in [-0.1, -0.05) is 6.07 Å². The van der Waals surface area contributed by atoms with Crippen LogP contribution in [0.5, 0.6) is 5.75 Å². The van der Waals surface area contributed by atoms with E-state index >= 15 is 0 Å². The van der Waals surface area contributed by atoms with Crippen molar-refractivity contribution in [2.45, 2.75) is 11.4 Å². The van der Waals surface area contributed by atoms with Gasteiger partial charge < -0.3 is 25.4 Å². The van der Waals surface area contributed by atoms with E-state index < -0.39 is 11.4 Å². The largest absolute Gasteiger partial charge is 0.507 e. The fraction of sp³-hybridized carbons (Fsp3) is 0.333. The monoisotopic (exact) mass is 262 g/mol. The zero-order valence-corrected chi connectivity index (χ0v) is 10.6. The first-order valence-corrected chi connectivity index (χ1v) is 5.62. The van der Waals surface area contributed by atoms with Gasteiger partial charge in [-0.2, -0.15) is 0 Å². The first-order chi connectivity index (χ1) is 8.69. The highest BCUT2D eigenvalue weighted by molar-refractivity contribution is 6.17. The molecule has 0 fully saturated rings. The number of aliphatic hydroxyl groups is 3. The van der Waals surface area contributed by atoms with E-state index in [0.717, 1.165) is 4.90 Å². The molecule has 0 saturated carbocycles. The Labute approximate surface area is 111 Å². The summed E-state index contributed by atoms with van der Waals surface area (Å²) in [7, 11) is 8.39. The predicted octanol–water partition coefficient (Wildman–Crippen LogP) is -0.613. The van der Waals surface area contributed by atoms with Gasteiger partial charge in [-0.25, -0.2) is 0 Å². The number of aromatic nitrogens is 1. The molecule has 2 aromatic rings. The van der Waals surface area contributed by atoms with E-state index in [2.05, 4.69) is 4.98 Å². The van der Waals surface area contributed by atoms with E-state index in [1.807, 2.05) is 0 Å². The summed E-state index contributed by atoms with van der Waals surface area (Å²) in [6.45, 7) is 0. The number of likely N-dealkylation sites (N-methyl/N-ethyl adjacent to an activating group) is 1. The van der Waals surface area contributed by atoms with Crippen LogP contribution in [0.25, 0.3) is 10.9 Å². The van der Waals surface area contributed by atoms with Crippen LogP contribution in [0.4, 0.5) is 0 Å². The molecule has 0 aliphatic carbocycles. The van der Waals surface area contributed by atoms with Gasteiger partial charge in [-0.15, -0.1) is 0 Å². The normalized spacial score (nSPS) is 15.9. The lowest BCUT2D eigenvalue weighted by atomic mass is 9.72. The maximum Gasteiger partial charge on any atom is 0.249 e. The summed E-state index contributed by atoms with van der Waals surface area (Å²) in [5.41, 5.74) is -1.99. The van der Waals surface area contributed by atoms with Gasteiger partial charge in [0.05, 0.1) is 0 Å². The van der Waals surface area contributed by atoms with Gasteiger partial charge in [0.2, 0.25) is 5.91 Å². The molecule has 2 rings (SSSR count). The van der Waals surface area contributed by atoms with Crippen LogP contribution in [0.2, 0.25) is 0 Å². The maximum absolute atomic E-state index is 10.3. The smallest absolute Gasteiger partial charge is 0.249 e. The van der Waals surface area contributed by atoms with Crippen molar-refractivity contribution in [1.82, 2.24) is 9.88 Å². The van der Waals surface area contributed by atoms with E-state index in [-0.39, 0.29) is 16.7 Å². The molecule has 0 aliphatic heterocycles. The van der Waals surface area contributed by atoms with Crippen LogP contribution in [-0.2, 0) is 5.50 Å². The molecule has 0 saturated heterocycles. The lowest BCUT2D eigenvalue weighted by Gasteiger charge is -2.41. The number of hydrogen-bond acceptors (Lipinski definition) is 5. The summed E-state index contributed by atoms with van der Waals surface area (Å²) in [6, 6.07) is 4.70. The first kappa shape index (κ1) is 13.9. The molecule has 7 heteroatoms. The number of nitrogens with one attached hydrogen (secondary N) is 1. The van der Waals surface area contributed by atoms with E-state index in [9.17, 15) is 20.4 Å². The molecule has 1 heterocycles. The third kappa shape index (κ3) is 1.91. The van der Waals surface area contributed by atoms with Crippen molar-refractivity contribution in [1.29, 1.82) is 0 Å². The minimum absolute atomic E-state index is 0.0145. The van der Waals surface area contributed by atoms with Gasteiger partial charge in [0, 0.05) is 22.7 Å². The summed E-state index contributed by atoms with van der Waals surface area (Å²) in [5, 5.41) is 40.3. The van der Waals surface area contributed by atoms with Gasteiger partial charge in [-0.3, -0.25) is 4.90 Å². The number of nitrogens with zero attached hydrogens (tertiary/aromatic N) is 1. The Morgan fingerprint density at radius 3 is 2.42 bits per heavy atom. The summed E-state index contributed by atoms with van der Waals surface area (Å²) in [5.74, 6) is -2.82. The average Bonchev–Trinajstić information content (AvgIpc) is 2.74. The number of phenols is 1. The Bertz CT molecular complexity index is 607. The van der Waals surface area contributed by atoms with Gasteiger partial charge in [-0.05, 0) is 26.2 Å². The molecule has 1 atom stereocenters. The minimum Gasteiger partial charge on any atom is -0.507 e. The zero-order valence-electron chi connectivity index (χ0n) is 10.6. The number of fused-ring (bicyclic) bond motifs is 1. The molecule has 0 bridgehead atoms. The van der Waals surface area contributed by atoms with Crippen LogP contribution < -0.4 is 0 Å². The van der Waals surface area contributed by atoms with Crippen molar-refractivity contribution in [3.05, 3.63) is 30.0 Å². The highest BCUT2D eigenvalue weighted by atomic mass is 16.6. The fourth-order valence-corrected chi connectivity index (χ4v) is 1.99. The predicted molar refractivity (Wildman–Crippen MR) is 70.5 cm³/mol. The Morgan fingerprint density at radius 2 is 1.84 bits per heavy atom. The third-order valence-electron chi connectivity index (χ3n) is 3.23. The molecular weight excluding hydrogens is 247 g/mol. The third-order valence-corrected chi connectivity index (χ3v) is 3.23. The van der Waals surface area contributed by atoms with E-state index in [4.69, 9.17) is 7.85 Å². The standard InChI is InChI=1S/C12H15BN2O4/c1-15(2)12(18,19)11(13,17)7-6-14-8-4-3-5-9(16)10(7)8/h3-6,14,16-19H,1-2H3. The molecule has 100 valence electrons. The molecule has 19 heavy (non-hydrogen) atoms. The van der Waals surface area contributed by atoms with Crippen LogP contribution in [0, 0.1) is 0 Å². The van der Waals surface area contributed by atoms with Crippen molar-refractivity contribution in [2.24, 2.45) is 0 Å². The molecule has 2 radical (unpaired) electrons. The Kier molecular flexibility index (Phi) is 3.10. The van der Waals surface area contributed by atoms with Crippen LogP contribution in [0.3, 0.4) is 0 Å². The average molecular weight is 262 g/mol. The van der Waals surface area contributed by atoms with Crippen molar-refractivity contribution < 1.29 is 20.4 Å². The van der Waals surface area contributed by atoms with E-state index in [1.165, 1.54) is 26.4 Å². The number of benzene rings is 1. The quantitative estimate of drug-likeness (QED) is 0.375. The molecule has 1 aromatic heterocycles. The number of hydrogen-bond donors (Lipinski definition) is 5. The summed E-state index contributed by atoms with van der Waals surface area (Å²) in [4.78, 5) is 3.77.